The van der Waals surface area contributed by atoms with Crippen LogP contribution in [0, 0.1) is 5.92 Å². The summed E-state index contributed by atoms with van der Waals surface area (Å²) < 4.78 is 0. The van der Waals surface area contributed by atoms with Crippen LogP contribution in [-0.2, 0) is 4.79 Å². The van der Waals surface area contributed by atoms with Gasteiger partial charge in [0.25, 0.3) is 0 Å². The van der Waals surface area contributed by atoms with Gasteiger partial charge in [0.1, 0.15) is 0 Å². The molecule has 0 amide bonds. The summed E-state index contributed by atoms with van der Waals surface area (Å²) in [5, 5.41) is 8.95. The molecule has 1 fully saturated rings. The van der Waals surface area contributed by atoms with Crippen molar-refractivity contribution >= 4 is 5.97 Å². The summed E-state index contributed by atoms with van der Waals surface area (Å²) in [6, 6.07) is 0. The first-order chi connectivity index (χ1) is 9.74. The third kappa shape index (κ3) is 7.88. The van der Waals surface area contributed by atoms with Crippen molar-refractivity contribution in [2.75, 3.05) is 19.6 Å². The predicted molar refractivity (Wildman–Crippen MR) is 84.0 cm³/mol. The molecule has 118 valence electrons. The van der Waals surface area contributed by atoms with E-state index in [0.717, 1.165) is 26.1 Å². The lowest BCUT2D eigenvalue weighted by atomic mass is 10.1. The van der Waals surface area contributed by atoms with Crippen molar-refractivity contribution in [1.82, 2.24) is 4.90 Å². The third-order valence-electron chi connectivity index (χ3n) is 4.45. The van der Waals surface area contributed by atoms with Gasteiger partial charge < -0.3 is 10.0 Å². The minimum Gasteiger partial charge on any atom is -0.481 e. The van der Waals surface area contributed by atoms with Gasteiger partial charge in [0.15, 0.2) is 0 Å². The second-order valence-corrected chi connectivity index (χ2v) is 6.31. The number of hydrogen-bond acceptors (Lipinski definition) is 2. The van der Waals surface area contributed by atoms with Crippen molar-refractivity contribution in [3.05, 3.63) is 0 Å². The summed E-state index contributed by atoms with van der Waals surface area (Å²) in [6.07, 6.45) is 14.5. The van der Waals surface area contributed by atoms with Gasteiger partial charge in [-0.05, 0) is 25.9 Å². The molecule has 1 heterocycles. The van der Waals surface area contributed by atoms with Gasteiger partial charge in [0.05, 0.1) is 5.92 Å². The molecule has 0 spiro atoms. The van der Waals surface area contributed by atoms with Crippen LogP contribution in [0.3, 0.4) is 0 Å². The summed E-state index contributed by atoms with van der Waals surface area (Å²) in [5.74, 6) is -0.728. The quantitative estimate of drug-likeness (QED) is 0.542. The Morgan fingerprint density at radius 1 is 1.00 bits per heavy atom. The number of carboxylic acid groups (broad SMARTS) is 1. The van der Waals surface area contributed by atoms with Crippen molar-refractivity contribution in [2.24, 2.45) is 5.92 Å². The maximum atomic E-state index is 10.9. The van der Waals surface area contributed by atoms with E-state index in [1.807, 2.05) is 0 Å². The maximum Gasteiger partial charge on any atom is 0.307 e. The predicted octanol–water partition coefficient (Wildman–Crippen LogP) is 4.31. The van der Waals surface area contributed by atoms with Crippen LogP contribution in [0.5, 0.6) is 0 Å². The molecule has 0 bridgehead atoms. The fourth-order valence-corrected chi connectivity index (χ4v) is 3.06. The molecule has 1 atom stereocenters. The van der Waals surface area contributed by atoms with Gasteiger partial charge in [-0.3, -0.25) is 4.79 Å². The standard InChI is InChI=1S/C17H33NO2/c1-2-3-4-5-6-7-8-9-10-11-13-18-14-12-16(15-18)17(19)20/h16H,2-15H2,1H3,(H,19,20). The lowest BCUT2D eigenvalue weighted by Gasteiger charge is -2.14. The fourth-order valence-electron chi connectivity index (χ4n) is 3.06. The molecule has 1 N–H and O–H groups in total. The van der Waals surface area contributed by atoms with Gasteiger partial charge in [-0.15, -0.1) is 0 Å². The van der Waals surface area contributed by atoms with Gasteiger partial charge in [-0.1, -0.05) is 64.7 Å². The Morgan fingerprint density at radius 3 is 2.05 bits per heavy atom. The van der Waals surface area contributed by atoms with Gasteiger partial charge in [-0.2, -0.15) is 0 Å². The van der Waals surface area contributed by atoms with Crippen molar-refractivity contribution in [1.29, 1.82) is 0 Å². The van der Waals surface area contributed by atoms with Crippen molar-refractivity contribution in [2.45, 2.75) is 77.6 Å². The molecule has 0 aromatic carbocycles. The second kappa shape index (κ2) is 11.1. The molecular weight excluding hydrogens is 250 g/mol. The first-order valence-corrected chi connectivity index (χ1v) is 8.69. The molecule has 0 aromatic heterocycles. The van der Waals surface area contributed by atoms with Crippen LogP contribution < -0.4 is 0 Å². The lowest BCUT2D eigenvalue weighted by Crippen LogP contribution is -2.24. The third-order valence-corrected chi connectivity index (χ3v) is 4.45. The van der Waals surface area contributed by atoms with Crippen molar-refractivity contribution in [3.8, 4) is 0 Å². The van der Waals surface area contributed by atoms with Gasteiger partial charge in [0, 0.05) is 6.54 Å². The fraction of sp³-hybridized carbons (Fsp3) is 0.941. The Morgan fingerprint density at radius 2 is 1.55 bits per heavy atom. The number of hydrogen-bond donors (Lipinski definition) is 1. The van der Waals surface area contributed by atoms with E-state index in [-0.39, 0.29) is 5.92 Å². The first kappa shape index (κ1) is 17.5. The van der Waals surface area contributed by atoms with E-state index in [4.69, 9.17) is 5.11 Å². The van der Waals surface area contributed by atoms with E-state index in [1.54, 1.807) is 0 Å². The molecule has 0 aromatic rings. The normalized spacial score (nSPS) is 19.6. The van der Waals surface area contributed by atoms with Crippen LogP contribution in [0.25, 0.3) is 0 Å². The van der Waals surface area contributed by atoms with E-state index >= 15 is 0 Å². The largest absolute Gasteiger partial charge is 0.481 e. The van der Waals surface area contributed by atoms with E-state index in [1.165, 1.54) is 64.2 Å². The van der Waals surface area contributed by atoms with Crippen molar-refractivity contribution < 1.29 is 9.90 Å². The zero-order chi connectivity index (χ0) is 14.6. The summed E-state index contributed by atoms with van der Waals surface area (Å²) in [5.41, 5.74) is 0. The Bertz CT molecular complexity index is 255. The monoisotopic (exact) mass is 283 g/mol. The van der Waals surface area contributed by atoms with Crippen LogP contribution in [0.15, 0.2) is 0 Å². The molecule has 1 aliphatic rings. The Labute approximate surface area is 124 Å². The topological polar surface area (TPSA) is 40.5 Å². The highest BCUT2D eigenvalue weighted by molar-refractivity contribution is 5.70. The Kier molecular flexibility index (Phi) is 9.73. The summed E-state index contributed by atoms with van der Waals surface area (Å²) >= 11 is 0. The molecule has 0 aliphatic carbocycles. The second-order valence-electron chi connectivity index (χ2n) is 6.31. The number of nitrogens with zero attached hydrogens (tertiary/aromatic N) is 1. The number of carboxylic acids is 1. The molecule has 1 rings (SSSR count). The number of unbranched alkanes of at least 4 members (excludes halogenated alkanes) is 9. The van der Waals surface area contributed by atoms with Crippen LogP contribution in [0.1, 0.15) is 77.6 Å². The highest BCUT2D eigenvalue weighted by atomic mass is 16.4. The van der Waals surface area contributed by atoms with Crippen LogP contribution in [0.4, 0.5) is 0 Å². The smallest absolute Gasteiger partial charge is 0.307 e. The van der Waals surface area contributed by atoms with Gasteiger partial charge in [0.2, 0.25) is 0 Å². The Balaban J connectivity index is 1.82. The lowest BCUT2D eigenvalue weighted by molar-refractivity contribution is -0.141. The zero-order valence-electron chi connectivity index (χ0n) is 13.3. The molecule has 1 unspecified atom stereocenters. The molecule has 0 radical (unpaired) electrons. The van der Waals surface area contributed by atoms with Crippen LogP contribution >= 0.6 is 0 Å². The summed E-state index contributed by atoms with van der Waals surface area (Å²) in [4.78, 5) is 13.2. The molecule has 1 aliphatic heterocycles. The molecule has 0 saturated carbocycles. The molecule has 20 heavy (non-hydrogen) atoms. The average molecular weight is 283 g/mol. The van der Waals surface area contributed by atoms with Crippen LogP contribution in [-0.4, -0.2) is 35.6 Å². The molecular formula is C17H33NO2. The van der Waals surface area contributed by atoms with E-state index < -0.39 is 5.97 Å². The summed E-state index contributed by atoms with van der Waals surface area (Å²) in [7, 11) is 0. The first-order valence-electron chi connectivity index (χ1n) is 8.69. The number of carbonyl (C=O) groups is 1. The molecule has 3 nitrogen and oxygen atoms in total. The maximum absolute atomic E-state index is 10.9. The minimum absolute atomic E-state index is 0.113. The van der Waals surface area contributed by atoms with Crippen LogP contribution in [0.2, 0.25) is 0 Å². The minimum atomic E-state index is -0.615. The Hall–Kier alpha value is -0.570. The summed E-state index contributed by atoms with van der Waals surface area (Å²) in [6.45, 7) is 5.11. The highest BCUT2D eigenvalue weighted by Gasteiger charge is 2.27. The van der Waals surface area contributed by atoms with E-state index in [9.17, 15) is 4.79 Å². The highest BCUT2D eigenvalue weighted by Crippen LogP contribution is 2.17. The average Bonchev–Trinajstić information content (AvgIpc) is 2.90. The van der Waals surface area contributed by atoms with E-state index in [0.29, 0.717) is 0 Å². The number of rotatable bonds is 12. The molecule has 1 saturated heterocycles. The van der Waals surface area contributed by atoms with E-state index in [2.05, 4.69) is 11.8 Å². The number of aliphatic carboxylic acids is 1. The van der Waals surface area contributed by atoms with Gasteiger partial charge >= 0.3 is 5.97 Å². The van der Waals surface area contributed by atoms with Gasteiger partial charge in [-0.25, -0.2) is 0 Å². The zero-order valence-corrected chi connectivity index (χ0v) is 13.3. The SMILES string of the molecule is CCCCCCCCCCCCN1CCC(C(=O)O)C1. The number of likely N-dealkylation sites (tertiary alicyclic amines) is 1. The van der Waals surface area contributed by atoms with Crippen molar-refractivity contribution in [3.63, 3.8) is 0 Å². The molecule has 3 heteroatoms.